The van der Waals surface area contributed by atoms with E-state index in [0.29, 0.717) is 5.92 Å². The second kappa shape index (κ2) is 5.96. The molecule has 17 heavy (non-hydrogen) atoms. The Kier molecular flexibility index (Phi) is 4.57. The molecule has 0 heterocycles. The molecule has 1 aliphatic rings. The largest absolute Gasteiger partial charge is 0.319 e. The van der Waals surface area contributed by atoms with Crippen LogP contribution >= 0.6 is 15.9 Å². The van der Waals surface area contributed by atoms with Crippen molar-refractivity contribution in [2.24, 2.45) is 11.8 Å². The van der Waals surface area contributed by atoms with Gasteiger partial charge in [-0.15, -0.1) is 0 Å². The quantitative estimate of drug-likeness (QED) is 0.892. The van der Waals surface area contributed by atoms with Crippen LogP contribution in [0.4, 0.5) is 4.39 Å². The first-order chi connectivity index (χ1) is 8.19. The van der Waals surface area contributed by atoms with Gasteiger partial charge in [-0.25, -0.2) is 4.39 Å². The molecule has 1 aromatic carbocycles. The average molecular weight is 300 g/mol. The third-order valence-electron chi connectivity index (χ3n) is 3.70. The topological polar surface area (TPSA) is 12.0 Å². The molecule has 0 spiro atoms. The van der Waals surface area contributed by atoms with Gasteiger partial charge < -0.3 is 5.32 Å². The molecule has 2 unspecified atom stereocenters. The van der Waals surface area contributed by atoms with Gasteiger partial charge in [0.15, 0.2) is 0 Å². The normalized spacial score (nSPS) is 24.2. The van der Waals surface area contributed by atoms with Gasteiger partial charge in [0.05, 0.1) is 0 Å². The lowest BCUT2D eigenvalue weighted by Crippen LogP contribution is -2.23. The van der Waals surface area contributed by atoms with Crippen molar-refractivity contribution in [3.8, 4) is 0 Å². The molecule has 1 nitrogen and oxygen atoms in total. The maximum Gasteiger partial charge on any atom is 0.124 e. The molecule has 0 amide bonds. The van der Waals surface area contributed by atoms with Crippen molar-refractivity contribution >= 4 is 15.9 Å². The van der Waals surface area contributed by atoms with E-state index in [4.69, 9.17) is 0 Å². The highest BCUT2D eigenvalue weighted by Crippen LogP contribution is 2.34. The first kappa shape index (κ1) is 13.0. The molecule has 94 valence electrons. The zero-order valence-corrected chi connectivity index (χ0v) is 11.8. The Morgan fingerprint density at radius 2 is 2.06 bits per heavy atom. The minimum Gasteiger partial charge on any atom is -0.319 e. The van der Waals surface area contributed by atoms with Gasteiger partial charge in [-0.2, -0.15) is 0 Å². The van der Waals surface area contributed by atoms with Crippen LogP contribution in [0.3, 0.4) is 0 Å². The highest BCUT2D eigenvalue weighted by Gasteiger charge is 2.26. The van der Waals surface area contributed by atoms with E-state index in [9.17, 15) is 4.39 Å². The van der Waals surface area contributed by atoms with Gasteiger partial charge >= 0.3 is 0 Å². The third-order valence-corrected chi connectivity index (χ3v) is 4.16. The van der Waals surface area contributed by atoms with Crippen molar-refractivity contribution in [3.63, 3.8) is 0 Å². The van der Waals surface area contributed by atoms with E-state index in [0.717, 1.165) is 28.9 Å². The lowest BCUT2D eigenvalue weighted by Gasteiger charge is -2.19. The van der Waals surface area contributed by atoms with Gasteiger partial charge in [0, 0.05) is 4.47 Å². The highest BCUT2D eigenvalue weighted by molar-refractivity contribution is 9.10. The smallest absolute Gasteiger partial charge is 0.124 e. The van der Waals surface area contributed by atoms with Crippen molar-refractivity contribution in [1.29, 1.82) is 0 Å². The number of benzene rings is 1. The Labute approximate surface area is 111 Å². The van der Waals surface area contributed by atoms with E-state index in [1.807, 2.05) is 13.1 Å². The molecule has 1 fully saturated rings. The Morgan fingerprint density at radius 3 is 2.76 bits per heavy atom. The Bertz CT molecular complexity index is 360. The second-order valence-electron chi connectivity index (χ2n) is 4.99. The third kappa shape index (κ3) is 3.52. The number of halogens is 2. The van der Waals surface area contributed by atoms with E-state index in [1.54, 1.807) is 6.07 Å². The van der Waals surface area contributed by atoms with Gasteiger partial charge in [0.2, 0.25) is 0 Å². The monoisotopic (exact) mass is 299 g/mol. The maximum atomic E-state index is 13.3. The molecular weight excluding hydrogens is 281 g/mol. The molecule has 0 saturated heterocycles. The summed E-state index contributed by atoms with van der Waals surface area (Å²) in [5.41, 5.74) is 1.12. The van der Waals surface area contributed by atoms with E-state index < -0.39 is 0 Å². The van der Waals surface area contributed by atoms with Crippen LogP contribution in [0.25, 0.3) is 0 Å². The fourth-order valence-corrected chi connectivity index (χ4v) is 3.46. The molecular formula is C14H19BrFN. The van der Waals surface area contributed by atoms with Crippen molar-refractivity contribution in [1.82, 2.24) is 5.32 Å². The molecule has 1 N–H and O–H groups in total. The molecule has 1 saturated carbocycles. The standard InChI is InChI=1S/C14H19BrFN/c1-17-9-12-4-2-3-11(12)5-10-6-13(15)8-14(16)7-10/h6-8,11-12,17H,2-5,9H2,1H3. The van der Waals surface area contributed by atoms with Crippen LogP contribution in [0.2, 0.25) is 0 Å². The van der Waals surface area contributed by atoms with Gasteiger partial charge in [-0.1, -0.05) is 22.4 Å². The Balaban J connectivity index is 2.04. The predicted octanol–water partition coefficient (Wildman–Crippen LogP) is 3.77. The van der Waals surface area contributed by atoms with Crippen LogP contribution in [-0.4, -0.2) is 13.6 Å². The summed E-state index contributed by atoms with van der Waals surface area (Å²) in [6.07, 6.45) is 4.90. The molecule has 0 aliphatic heterocycles. The molecule has 0 bridgehead atoms. The average Bonchev–Trinajstić information content (AvgIpc) is 2.65. The number of nitrogens with one attached hydrogen (secondary N) is 1. The van der Waals surface area contributed by atoms with E-state index in [-0.39, 0.29) is 5.82 Å². The van der Waals surface area contributed by atoms with E-state index >= 15 is 0 Å². The summed E-state index contributed by atoms with van der Waals surface area (Å²) in [5, 5.41) is 3.26. The van der Waals surface area contributed by atoms with Crippen LogP contribution in [0, 0.1) is 17.7 Å². The first-order valence-electron chi connectivity index (χ1n) is 6.28. The number of hydrogen-bond acceptors (Lipinski definition) is 1. The molecule has 1 aliphatic carbocycles. The molecule has 0 aromatic heterocycles. The fourth-order valence-electron chi connectivity index (χ4n) is 2.94. The van der Waals surface area contributed by atoms with E-state index in [1.165, 1.54) is 25.3 Å². The second-order valence-corrected chi connectivity index (χ2v) is 5.91. The molecule has 0 radical (unpaired) electrons. The van der Waals surface area contributed by atoms with Gasteiger partial charge in [0.1, 0.15) is 5.82 Å². The maximum absolute atomic E-state index is 13.3. The van der Waals surface area contributed by atoms with Crippen molar-refractivity contribution in [2.45, 2.75) is 25.7 Å². The first-order valence-corrected chi connectivity index (χ1v) is 7.08. The van der Waals surface area contributed by atoms with Crippen LogP contribution < -0.4 is 5.32 Å². The van der Waals surface area contributed by atoms with Crippen LogP contribution in [0.15, 0.2) is 22.7 Å². The fraction of sp³-hybridized carbons (Fsp3) is 0.571. The van der Waals surface area contributed by atoms with Crippen LogP contribution in [-0.2, 0) is 6.42 Å². The van der Waals surface area contributed by atoms with Crippen molar-refractivity contribution in [2.75, 3.05) is 13.6 Å². The minimum absolute atomic E-state index is 0.141. The lowest BCUT2D eigenvalue weighted by atomic mass is 9.89. The van der Waals surface area contributed by atoms with Crippen molar-refractivity contribution < 1.29 is 4.39 Å². The molecule has 2 rings (SSSR count). The number of hydrogen-bond donors (Lipinski definition) is 1. The summed E-state index contributed by atoms with van der Waals surface area (Å²) in [7, 11) is 2.01. The highest BCUT2D eigenvalue weighted by atomic mass is 79.9. The summed E-state index contributed by atoms with van der Waals surface area (Å²) >= 11 is 3.36. The Morgan fingerprint density at radius 1 is 1.29 bits per heavy atom. The van der Waals surface area contributed by atoms with Crippen LogP contribution in [0.5, 0.6) is 0 Å². The zero-order valence-electron chi connectivity index (χ0n) is 10.2. The van der Waals surface area contributed by atoms with Gasteiger partial charge in [-0.3, -0.25) is 0 Å². The zero-order chi connectivity index (χ0) is 12.3. The molecule has 3 heteroatoms. The SMILES string of the molecule is CNCC1CCCC1Cc1cc(F)cc(Br)c1. The van der Waals surface area contributed by atoms with Crippen molar-refractivity contribution in [3.05, 3.63) is 34.1 Å². The summed E-state index contributed by atoms with van der Waals surface area (Å²) in [5.74, 6) is 1.32. The van der Waals surface area contributed by atoms with Gasteiger partial charge in [-0.05, 0) is 68.5 Å². The summed E-state index contributed by atoms with van der Waals surface area (Å²) in [6.45, 7) is 1.08. The van der Waals surface area contributed by atoms with E-state index in [2.05, 4.69) is 21.2 Å². The predicted molar refractivity (Wildman–Crippen MR) is 72.6 cm³/mol. The van der Waals surface area contributed by atoms with Gasteiger partial charge in [0.25, 0.3) is 0 Å². The van der Waals surface area contributed by atoms with Crippen LogP contribution in [0.1, 0.15) is 24.8 Å². The summed E-state index contributed by atoms with van der Waals surface area (Å²) in [6, 6.07) is 5.22. The molecule has 2 atom stereocenters. The Hall–Kier alpha value is -0.410. The summed E-state index contributed by atoms with van der Waals surface area (Å²) in [4.78, 5) is 0. The molecule has 1 aromatic rings. The number of rotatable bonds is 4. The summed E-state index contributed by atoms with van der Waals surface area (Å²) < 4.78 is 14.1. The minimum atomic E-state index is -0.141. The lowest BCUT2D eigenvalue weighted by molar-refractivity contribution is 0.374.